The predicted molar refractivity (Wildman–Crippen MR) is 83.5 cm³/mol. The second-order valence-corrected chi connectivity index (χ2v) is 6.04. The van der Waals surface area contributed by atoms with Gasteiger partial charge in [0.15, 0.2) is 4.73 Å². The molecule has 1 aliphatic rings. The lowest BCUT2D eigenvalue weighted by atomic mass is 10.0. The van der Waals surface area contributed by atoms with Crippen molar-refractivity contribution in [1.29, 1.82) is 0 Å². The van der Waals surface area contributed by atoms with Crippen LogP contribution in [0.4, 0.5) is 0 Å². The third kappa shape index (κ3) is 1.73. The number of aromatic nitrogens is 3. The molecule has 0 aliphatic carbocycles. The first-order chi connectivity index (χ1) is 9.74. The molecule has 3 N–H and O–H groups in total. The quantitative estimate of drug-likeness (QED) is 0.720. The summed E-state index contributed by atoms with van der Waals surface area (Å²) in [5.41, 5.74) is 10.7. The van der Waals surface area contributed by atoms with Gasteiger partial charge in [-0.1, -0.05) is 18.2 Å². The number of H-pyrrole nitrogens is 1. The highest BCUT2D eigenvalue weighted by atomic mass is 79.9. The molecule has 1 aliphatic heterocycles. The minimum Gasteiger partial charge on any atom is -0.360 e. The summed E-state index contributed by atoms with van der Waals surface area (Å²) in [5, 5.41) is 1.21. The van der Waals surface area contributed by atoms with Crippen LogP contribution >= 0.6 is 15.9 Å². The summed E-state index contributed by atoms with van der Waals surface area (Å²) in [4.78, 5) is 8.04. The number of halogens is 1. The van der Waals surface area contributed by atoms with Gasteiger partial charge < -0.3 is 15.3 Å². The van der Waals surface area contributed by atoms with Crippen molar-refractivity contribution in [2.45, 2.75) is 25.4 Å². The van der Waals surface area contributed by atoms with Gasteiger partial charge in [0.05, 0.1) is 5.69 Å². The number of rotatable bonds is 1. The molecule has 3 aromatic rings. The van der Waals surface area contributed by atoms with Crippen LogP contribution < -0.4 is 5.73 Å². The molecule has 0 amide bonds. The van der Waals surface area contributed by atoms with E-state index in [0.717, 1.165) is 40.9 Å². The van der Waals surface area contributed by atoms with Gasteiger partial charge in [0.2, 0.25) is 0 Å². The first-order valence-electron chi connectivity index (χ1n) is 6.81. The van der Waals surface area contributed by atoms with Gasteiger partial charge in [-0.15, -0.1) is 0 Å². The largest absolute Gasteiger partial charge is 0.360 e. The number of aromatic amines is 1. The van der Waals surface area contributed by atoms with E-state index in [2.05, 4.69) is 43.7 Å². The highest BCUT2D eigenvalue weighted by Gasteiger charge is 2.24. The zero-order valence-corrected chi connectivity index (χ0v) is 12.5. The zero-order valence-electron chi connectivity index (χ0n) is 10.9. The van der Waals surface area contributed by atoms with Crippen LogP contribution in [0.5, 0.6) is 0 Å². The maximum absolute atomic E-state index is 6.13. The fourth-order valence-electron chi connectivity index (χ4n) is 3.02. The Bertz CT molecular complexity index is 786. The van der Waals surface area contributed by atoms with Crippen molar-refractivity contribution in [2.24, 2.45) is 5.73 Å². The minimum absolute atomic E-state index is 0.232. The Morgan fingerprint density at radius 1 is 1.35 bits per heavy atom. The Morgan fingerprint density at radius 2 is 2.20 bits per heavy atom. The molecule has 3 heterocycles. The first kappa shape index (κ1) is 12.2. The molecule has 2 aromatic heterocycles. The van der Waals surface area contributed by atoms with Gasteiger partial charge in [-0.25, -0.2) is 4.98 Å². The maximum atomic E-state index is 6.13. The fourth-order valence-corrected chi connectivity index (χ4v) is 3.59. The molecule has 0 saturated carbocycles. The molecule has 1 atom stereocenters. The van der Waals surface area contributed by atoms with E-state index in [1.165, 1.54) is 11.1 Å². The molecule has 4 rings (SSSR count). The van der Waals surface area contributed by atoms with E-state index in [4.69, 9.17) is 10.7 Å². The number of hydrogen-bond acceptors (Lipinski definition) is 2. The number of nitrogens with zero attached hydrogens (tertiary/aromatic N) is 2. The Kier molecular flexibility index (Phi) is 2.72. The molecule has 1 unspecified atom stereocenters. The molecule has 0 saturated heterocycles. The Morgan fingerprint density at radius 3 is 3.10 bits per heavy atom. The van der Waals surface area contributed by atoms with Gasteiger partial charge in [0.25, 0.3) is 0 Å². The highest BCUT2D eigenvalue weighted by molar-refractivity contribution is 9.10. The van der Waals surface area contributed by atoms with E-state index >= 15 is 0 Å². The molecule has 1 aromatic carbocycles. The summed E-state index contributed by atoms with van der Waals surface area (Å²) in [5.74, 6) is 0. The van der Waals surface area contributed by atoms with Crippen molar-refractivity contribution < 1.29 is 0 Å². The topological polar surface area (TPSA) is 59.6 Å². The van der Waals surface area contributed by atoms with Crippen molar-refractivity contribution in [3.63, 3.8) is 0 Å². The maximum Gasteiger partial charge on any atom is 0.177 e. The van der Waals surface area contributed by atoms with Crippen molar-refractivity contribution in [2.75, 3.05) is 0 Å². The molecule has 4 nitrogen and oxygen atoms in total. The van der Waals surface area contributed by atoms with E-state index < -0.39 is 0 Å². The SMILES string of the molecule is NC1CCn2c(Br)nc(-c3c[nH]c4ccccc34)c2C1. The second-order valence-electron chi connectivity index (χ2n) is 5.33. The lowest BCUT2D eigenvalue weighted by Gasteiger charge is -2.21. The number of imidazole rings is 1. The van der Waals surface area contributed by atoms with Crippen LogP contribution in [-0.2, 0) is 13.0 Å². The molecule has 0 bridgehead atoms. The molecule has 0 fully saturated rings. The van der Waals surface area contributed by atoms with Crippen LogP contribution in [0, 0.1) is 0 Å². The van der Waals surface area contributed by atoms with Gasteiger partial charge in [0, 0.05) is 47.4 Å². The highest BCUT2D eigenvalue weighted by Crippen LogP contribution is 2.34. The van der Waals surface area contributed by atoms with Crippen LogP contribution in [0.25, 0.3) is 22.2 Å². The van der Waals surface area contributed by atoms with E-state index in [1.807, 2.05) is 12.3 Å². The standard InChI is InChI=1S/C15H15BrN4/c16-15-19-14(13-7-9(17)5-6-20(13)15)11-8-18-12-4-2-1-3-10(11)12/h1-4,8-9,18H,5-7,17H2. The van der Waals surface area contributed by atoms with Crippen molar-refractivity contribution in [1.82, 2.24) is 14.5 Å². The summed E-state index contributed by atoms with van der Waals surface area (Å²) in [6.07, 6.45) is 3.93. The monoisotopic (exact) mass is 330 g/mol. The van der Waals surface area contributed by atoms with Gasteiger partial charge in [-0.3, -0.25) is 0 Å². The molecular formula is C15H15BrN4. The van der Waals surface area contributed by atoms with Gasteiger partial charge in [-0.05, 0) is 28.4 Å². The second kappa shape index (κ2) is 4.46. The van der Waals surface area contributed by atoms with Crippen LogP contribution in [0.1, 0.15) is 12.1 Å². The smallest absolute Gasteiger partial charge is 0.177 e. The third-order valence-electron chi connectivity index (χ3n) is 4.05. The van der Waals surface area contributed by atoms with Crippen molar-refractivity contribution in [3.05, 3.63) is 40.9 Å². The minimum atomic E-state index is 0.232. The van der Waals surface area contributed by atoms with Crippen LogP contribution in [-0.4, -0.2) is 20.6 Å². The van der Waals surface area contributed by atoms with E-state index in [9.17, 15) is 0 Å². The molecule has 0 radical (unpaired) electrons. The molecule has 0 spiro atoms. The normalized spacial score (nSPS) is 18.4. The predicted octanol–water partition coefficient (Wildman–Crippen LogP) is 3.07. The number of fused-ring (bicyclic) bond motifs is 2. The van der Waals surface area contributed by atoms with E-state index in [0.29, 0.717) is 0 Å². The van der Waals surface area contributed by atoms with Crippen LogP contribution in [0.2, 0.25) is 0 Å². The Balaban J connectivity index is 1.95. The number of nitrogens with two attached hydrogens (primary N) is 1. The average molecular weight is 331 g/mol. The third-order valence-corrected chi connectivity index (χ3v) is 4.65. The molecule has 20 heavy (non-hydrogen) atoms. The summed E-state index contributed by atoms with van der Waals surface area (Å²) in [6, 6.07) is 8.54. The van der Waals surface area contributed by atoms with Gasteiger partial charge in [-0.2, -0.15) is 0 Å². The fraction of sp³-hybridized carbons (Fsp3) is 0.267. The molecular weight excluding hydrogens is 316 g/mol. The van der Waals surface area contributed by atoms with E-state index in [-0.39, 0.29) is 6.04 Å². The molecule has 5 heteroatoms. The number of para-hydroxylation sites is 1. The van der Waals surface area contributed by atoms with Gasteiger partial charge >= 0.3 is 0 Å². The summed E-state index contributed by atoms with van der Waals surface area (Å²) in [7, 11) is 0. The van der Waals surface area contributed by atoms with E-state index in [1.54, 1.807) is 0 Å². The lowest BCUT2D eigenvalue weighted by molar-refractivity contribution is 0.467. The van der Waals surface area contributed by atoms with Crippen LogP contribution in [0.3, 0.4) is 0 Å². The number of benzene rings is 1. The zero-order chi connectivity index (χ0) is 13.7. The number of hydrogen-bond donors (Lipinski definition) is 2. The molecule has 102 valence electrons. The summed E-state index contributed by atoms with van der Waals surface area (Å²) >= 11 is 3.57. The first-order valence-corrected chi connectivity index (χ1v) is 7.60. The summed E-state index contributed by atoms with van der Waals surface area (Å²) < 4.78 is 3.14. The Labute approximate surface area is 125 Å². The van der Waals surface area contributed by atoms with Gasteiger partial charge in [0.1, 0.15) is 0 Å². The van der Waals surface area contributed by atoms with Crippen molar-refractivity contribution in [3.8, 4) is 11.3 Å². The number of nitrogens with one attached hydrogen (secondary N) is 1. The summed E-state index contributed by atoms with van der Waals surface area (Å²) in [6.45, 7) is 0.937. The van der Waals surface area contributed by atoms with Crippen molar-refractivity contribution >= 4 is 26.8 Å². The lowest BCUT2D eigenvalue weighted by Crippen LogP contribution is -2.30. The Hall–Kier alpha value is -1.59. The average Bonchev–Trinajstić information content (AvgIpc) is 3.00. The van der Waals surface area contributed by atoms with Crippen LogP contribution in [0.15, 0.2) is 35.2 Å².